The lowest BCUT2D eigenvalue weighted by molar-refractivity contribution is -0.126. The molecule has 9 heteroatoms. The van der Waals surface area contributed by atoms with E-state index in [4.69, 9.17) is 4.74 Å². The van der Waals surface area contributed by atoms with Crippen LogP contribution in [0.2, 0.25) is 5.31 Å². The summed E-state index contributed by atoms with van der Waals surface area (Å²) in [5, 5.41) is 7.32. The van der Waals surface area contributed by atoms with Crippen LogP contribution in [0, 0.1) is 0 Å². The molecule has 0 aromatic heterocycles. The number of nitrogens with zero attached hydrogens (tertiary/aromatic N) is 1. The second-order valence-electron chi connectivity index (χ2n) is 12.7. The van der Waals surface area contributed by atoms with Gasteiger partial charge in [-0.15, -0.1) is 0 Å². The number of piperidine rings is 1. The number of amides is 2. The molecule has 5 rings (SSSR count). The number of ether oxygens (including phenoxy) is 1. The van der Waals surface area contributed by atoms with Gasteiger partial charge in [-0.05, 0) is 62.0 Å². The molecule has 3 fully saturated rings. The summed E-state index contributed by atoms with van der Waals surface area (Å²) in [5.41, 5.74) is 5.13. The van der Waals surface area contributed by atoms with Gasteiger partial charge in [0, 0.05) is 30.5 Å². The van der Waals surface area contributed by atoms with Crippen molar-refractivity contribution < 1.29 is 14.3 Å². The van der Waals surface area contributed by atoms with Gasteiger partial charge >= 0.3 is 0 Å². The molecule has 2 unspecified atom stereocenters. The lowest BCUT2D eigenvalue weighted by Gasteiger charge is -2.46. The topological polar surface area (TPSA) is 70.7 Å². The second kappa shape index (κ2) is 9.72. The van der Waals surface area contributed by atoms with Gasteiger partial charge in [-0.25, -0.2) is 0 Å². The van der Waals surface area contributed by atoms with Gasteiger partial charge in [0.1, 0.15) is 29.6 Å². The number of benzene rings is 1. The van der Waals surface area contributed by atoms with E-state index < -0.39 is 6.04 Å². The van der Waals surface area contributed by atoms with Crippen molar-refractivity contribution in [1.29, 1.82) is 0 Å². The van der Waals surface area contributed by atoms with Crippen LogP contribution in [-0.2, 0) is 22.5 Å². The summed E-state index contributed by atoms with van der Waals surface area (Å²) >= 11 is 0. The molecule has 3 atom stereocenters. The highest BCUT2D eigenvalue weighted by Gasteiger charge is 2.40. The molecule has 0 spiro atoms. The summed E-state index contributed by atoms with van der Waals surface area (Å²) in [6, 6.07) is 4.00. The predicted molar refractivity (Wildman–Crippen MR) is 151 cm³/mol. The lowest BCUT2D eigenvalue weighted by atomic mass is 9.54. The average Bonchev–Trinajstić information content (AvgIpc) is 3.16. The molecule has 2 N–H and O–H groups in total. The number of hydrogen-bond acceptors (Lipinski definition) is 4. The number of nitrogens with one attached hydrogen (secondary N) is 2. The zero-order chi connectivity index (χ0) is 25.7. The quantitative estimate of drug-likeness (QED) is 0.579. The molecule has 3 heterocycles. The minimum absolute atomic E-state index is 0.0334. The van der Waals surface area contributed by atoms with Gasteiger partial charge in [-0.1, -0.05) is 48.8 Å². The van der Waals surface area contributed by atoms with Gasteiger partial charge in [0.25, 0.3) is 5.91 Å². The van der Waals surface area contributed by atoms with Gasteiger partial charge in [-0.2, -0.15) is 0 Å². The highest BCUT2D eigenvalue weighted by molar-refractivity contribution is 6.35. The van der Waals surface area contributed by atoms with E-state index in [1.54, 1.807) is 4.90 Å². The van der Waals surface area contributed by atoms with Gasteiger partial charge in [0.2, 0.25) is 5.91 Å². The maximum atomic E-state index is 13.2. The van der Waals surface area contributed by atoms with Crippen molar-refractivity contribution in [2.45, 2.75) is 100 Å². The summed E-state index contributed by atoms with van der Waals surface area (Å²) in [6.45, 7) is 7.56. The number of hydrogen-bond donors (Lipinski definition) is 2. The first-order chi connectivity index (χ1) is 17.1. The van der Waals surface area contributed by atoms with Gasteiger partial charge in [0.05, 0.1) is 6.10 Å². The van der Waals surface area contributed by atoms with Gasteiger partial charge in [-0.3, -0.25) is 9.59 Å². The highest BCUT2D eigenvalue weighted by atomic mass is 16.5. The number of carbonyl (C=O) groups is 2. The third-order valence-corrected chi connectivity index (χ3v) is 9.33. The lowest BCUT2D eigenvalue weighted by Crippen LogP contribution is -2.58. The molecule has 0 bridgehead atoms. The van der Waals surface area contributed by atoms with Crippen LogP contribution in [0.5, 0.6) is 0 Å². The maximum absolute atomic E-state index is 13.2. The summed E-state index contributed by atoms with van der Waals surface area (Å²) in [6.07, 6.45) is 9.50. The van der Waals surface area contributed by atoms with E-state index in [-0.39, 0.29) is 23.4 Å². The fourth-order valence-electron chi connectivity index (χ4n) is 6.63. The predicted octanol–water partition coefficient (Wildman–Crippen LogP) is 0.0879. The van der Waals surface area contributed by atoms with Crippen LogP contribution in [-0.4, -0.2) is 70.5 Å². The standard InChI is InChI=1S/C27H40B3N3O3/c1-16-5-8-21(24(34)31-16)33-15-19-18(25(33)35)7-6-17(23(19)28)14-22-20(4-3-13-36-22)32-27(30)11-9-26(2,29)10-12-27/h6-7,20-22,32H,1,3-5,8-15,28-30H2,2H3,(H,31,34)/t20?,21?,22-,26?,27?/m1/s1. The molecule has 1 saturated carbocycles. The molecule has 2 amide bonds. The third kappa shape index (κ3) is 5.06. The van der Waals surface area contributed by atoms with E-state index in [1.165, 1.54) is 36.7 Å². The van der Waals surface area contributed by atoms with Crippen LogP contribution >= 0.6 is 0 Å². The number of allylic oxidation sites excluding steroid dienone is 1. The number of fused-ring (bicyclic) bond motifs is 1. The third-order valence-electron chi connectivity index (χ3n) is 9.33. The van der Waals surface area contributed by atoms with Crippen molar-refractivity contribution in [3.8, 4) is 0 Å². The molecule has 36 heavy (non-hydrogen) atoms. The van der Waals surface area contributed by atoms with Gasteiger partial charge < -0.3 is 20.3 Å². The molecule has 3 aliphatic heterocycles. The van der Waals surface area contributed by atoms with Crippen molar-refractivity contribution >= 4 is 40.8 Å². The Balaban J connectivity index is 1.30. The Morgan fingerprint density at radius 1 is 1.19 bits per heavy atom. The summed E-state index contributed by atoms with van der Waals surface area (Å²) in [5.74, 6) is -0.150. The van der Waals surface area contributed by atoms with Crippen molar-refractivity contribution in [2.75, 3.05) is 6.61 Å². The van der Waals surface area contributed by atoms with E-state index in [0.29, 0.717) is 30.7 Å². The average molecular weight is 487 g/mol. The largest absolute Gasteiger partial charge is 0.376 e. The second-order valence-corrected chi connectivity index (χ2v) is 12.7. The Morgan fingerprint density at radius 2 is 1.94 bits per heavy atom. The number of rotatable bonds is 5. The monoisotopic (exact) mass is 487 g/mol. The van der Waals surface area contributed by atoms with Crippen LogP contribution in [0.25, 0.3) is 0 Å². The Bertz CT molecular complexity index is 1070. The molecule has 190 valence electrons. The Hall–Kier alpha value is -1.99. The van der Waals surface area contributed by atoms with Crippen molar-refractivity contribution in [1.82, 2.24) is 15.5 Å². The summed E-state index contributed by atoms with van der Waals surface area (Å²) < 4.78 is 6.36. The first-order valence-electron chi connectivity index (χ1n) is 13.9. The fourth-order valence-corrected chi connectivity index (χ4v) is 6.63. The van der Waals surface area contributed by atoms with E-state index in [9.17, 15) is 9.59 Å². The van der Waals surface area contributed by atoms with E-state index >= 15 is 0 Å². The van der Waals surface area contributed by atoms with Crippen LogP contribution in [0.1, 0.15) is 79.8 Å². The van der Waals surface area contributed by atoms with E-state index in [2.05, 4.69) is 53.7 Å². The molecular weight excluding hydrogens is 447 g/mol. The Morgan fingerprint density at radius 3 is 2.67 bits per heavy atom. The van der Waals surface area contributed by atoms with E-state index in [0.717, 1.165) is 42.7 Å². The van der Waals surface area contributed by atoms with Crippen molar-refractivity contribution in [2.24, 2.45) is 0 Å². The molecule has 4 aliphatic rings. The summed E-state index contributed by atoms with van der Waals surface area (Å²) in [4.78, 5) is 27.5. The van der Waals surface area contributed by atoms with Crippen LogP contribution in [0.4, 0.5) is 0 Å². The van der Waals surface area contributed by atoms with Crippen LogP contribution < -0.4 is 16.1 Å². The Labute approximate surface area is 218 Å². The number of carbonyl (C=O) groups excluding carboxylic acids is 2. The summed E-state index contributed by atoms with van der Waals surface area (Å²) in [7, 11) is 6.91. The first-order valence-corrected chi connectivity index (χ1v) is 13.9. The fraction of sp³-hybridized carbons (Fsp3) is 0.630. The minimum Gasteiger partial charge on any atom is -0.376 e. The molecule has 1 aromatic rings. The molecule has 1 aromatic carbocycles. The van der Waals surface area contributed by atoms with Gasteiger partial charge in [0.15, 0.2) is 0 Å². The SMILES string of the molecule is Bc1c(C[C@H]2OCCCC2NC2(B)CCC(B)(C)CC2)ccc2c1CN(C1CCC(=C)NC1=O)C2=O. The molecule has 6 nitrogen and oxygen atoms in total. The van der Waals surface area contributed by atoms with E-state index in [1.807, 2.05) is 6.07 Å². The first kappa shape index (κ1) is 25.7. The minimum atomic E-state index is -0.422. The molecular formula is C27H40B3N3O3. The van der Waals surface area contributed by atoms with Crippen molar-refractivity contribution in [3.05, 3.63) is 41.1 Å². The zero-order valence-electron chi connectivity index (χ0n) is 22.5. The highest BCUT2D eigenvalue weighted by Crippen LogP contribution is 2.42. The molecule has 1 aliphatic carbocycles. The normalized spacial score (nSPS) is 35.0. The zero-order valence-corrected chi connectivity index (χ0v) is 22.5. The van der Waals surface area contributed by atoms with Crippen molar-refractivity contribution in [3.63, 3.8) is 0 Å². The maximum Gasteiger partial charge on any atom is 0.255 e. The smallest absolute Gasteiger partial charge is 0.255 e. The molecule has 2 saturated heterocycles. The molecule has 0 radical (unpaired) electrons. The Kier molecular flexibility index (Phi) is 6.92. The van der Waals surface area contributed by atoms with Crippen LogP contribution in [0.15, 0.2) is 24.4 Å². The van der Waals surface area contributed by atoms with Crippen LogP contribution in [0.3, 0.4) is 0 Å².